The fourth-order valence-corrected chi connectivity index (χ4v) is 2.63. The van der Waals surface area contributed by atoms with Crippen LogP contribution in [0.5, 0.6) is 0 Å². The molecule has 23 heavy (non-hydrogen) atoms. The number of nitrogens with zero attached hydrogens (tertiary/aromatic N) is 3. The van der Waals surface area contributed by atoms with Gasteiger partial charge in [-0.2, -0.15) is 0 Å². The van der Waals surface area contributed by atoms with Crippen LogP contribution in [0.3, 0.4) is 0 Å². The maximum Gasteiger partial charge on any atom is 0.273 e. The summed E-state index contributed by atoms with van der Waals surface area (Å²) in [6.45, 7) is 4.43. The van der Waals surface area contributed by atoms with E-state index in [2.05, 4.69) is 15.6 Å². The molecule has 6 nitrogen and oxygen atoms in total. The Balaban J connectivity index is 0.00000192. The lowest BCUT2D eigenvalue weighted by Crippen LogP contribution is -2.53. The summed E-state index contributed by atoms with van der Waals surface area (Å²) in [6, 6.07) is 7.88. The first-order chi connectivity index (χ1) is 10.5. The molecule has 1 aromatic carbocycles. The number of hydrogen-bond acceptors (Lipinski definition) is 4. The summed E-state index contributed by atoms with van der Waals surface area (Å²) in [6.07, 6.45) is 3.88. The molecule has 1 aliphatic rings. The van der Waals surface area contributed by atoms with Gasteiger partial charge in [-0.3, -0.25) is 4.79 Å². The van der Waals surface area contributed by atoms with E-state index in [0.717, 1.165) is 24.1 Å². The molecule has 1 heterocycles. The maximum absolute atomic E-state index is 12.4. The first kappa shape index (κ1) is 17.4. The zero-order valence-electron chi connectivity index (χ0n) is 13.3. The molecule has 0 aliphatic heterocycles. The third-order valence-electron chi connectivity index (χ3n) is 4.29. The summed E-state index contributed by atoms with van der Waals surface area (Å²) in [7, 11) is 0. The van der Waals surface area contributed by atoms with E-state index in [1.807, 2.05) is 38.1 Å². The smallest absolute Gasteiger partial charge is 0.273 e. The monoisotopic (exact) mass is 335 g/mol. The van der Waals surface area contributed by atoms with Gasteiger partial charge in [-0.25, -0.2) is 4.68 Å². The Morgan fingerprint density at radius 1 is 1.48 bits per heavy atom. The Hall–Kier alpha value is -1.92. The fraction of sp³-hybridized carbons (Fsp3) is 0.438. The lowest BCUT2D eigenvalue weighted by Gasteiger charge is -2.28. The molecular weight excluding hydrogens is 314 g/mol. The van der Waals surface area contributed by atoms with Crippen LogP contribution in [0.1, 0.15) is 35.8 Å². The molecule has 3 rings (SSSR count). The predicted octanol–water partition coefficient (Wildman–Crippen LogP) is 1.85. The fourth-order valence-electron chi connectivity index (χ4n) is 2.63. The highest BCUT2D eigenvalue weighted by atomic mass is 35.5. The van der Waals surface area contributed by atoms with Crippen LogP contribution >= 0.6 is 12.4 Å². The second-order valence-electron chi connectivity index (χ2n) is 6.24. The molecule has 0 saturated heterocycles. The Morgan fingerprint density at radius 3 is 2.83 bits per heavy atom. The first-order valence-corrected chi connectivity index (χ1v) is 7.54. The van der Waals surface area contributed by atoms with Gasteiger partial charge in [0.25, 0.3) is 5.91 Å². The van der Waals surface area contributed by atoms with Gasteiger partial charge in [-0.15, -0.1) is 17.5 Å². The minimum Gasteiger partial charge on any atom is -0.344 e. The summed E-state index contributed by atoms with van der Waals surface area (Å²) >= 11 is 0. The summed E-state index contributed by atoms with van der Waals surface area (Å²) in [5.41, 5.74) is 7.79. The van der Waals surface area contributed by atoms with Crippen LogP contribution in [0, 0.1) is 12.8 Å². The van der Waals surface area contributed by atoms with Crippen molar-refractivity contribution in [2.45, 2.75) is 32.2 Å². The Kier molecular flexibility index (Phi) is 5.06. The zero-order valence-corrected chi connectivity index (χ0v) is 14.1. The van der Waals surface area contributed by atoms with Crippen molar-refractivity contribution in [3.63, 3.8) is 0 Å². The number of halogens is 1. The van der Waals surface area contributed by atoms with Crippen LogP contribution in [0.25, 0.3) is 5.69 Å². The van der Waals surface area contributed by atoms with Crippen LogP contribution in [-0.4, -0.2) is 33.0 Å². The minimum absolute atomic E-state index is 0. The van der Waals surface area contributed by atoms with E-state index < -0.39 is 0 Å². The average molecular weight is 336 g/mol. The largest absolute Gasteiger partial charge is 0.344 e. The molecule has 1 unspecified atom stereocenters. The molecule has 1 aromatic heterocycles. The lowest BCUT2D eigenvalue weighted by atomic mass is 9.96. The van der Waals surface area contributed by atoms with E-state index in [1.54, 1.807) is 10.9 Å². The summed E-state index contributed by atoms with van der Waals surface area (Å²) in [5, 5.41) is 11.0. The van der Waals surface area contributed by atoms with Crippen LogP contribution < -0.4 is 11.1 Å². The molecule has 1 fully saturated rings. The van der Waals surface area contributed by atoms with E-state index in [4.69, 9.17) is 5.73 Å². The number of carbonyl (C=O) groups excluding carboxylic acids is 1. The molecule has 3 N–H and O–H groups in total. The standard InChI is InChI=1S/C16H21N5O.ClH/c1-11-4-3-5-13(8-11)21-9-14(19-20-21)15(22)18-16(2,10-17)12-6-7-12;/h3-5,8-9,12H,6-7,10,17H2,1-2H3,(H,18,22);1H. The van der Waals surface area contributed by atoms with Crippen molar-refractivity contribution in [1.29, 1.82) is 0 Å². The number of carbonyl (C=O) groups is 1. The van der Waals surface area contributed by atoms with E-state index in [0.29, 0.717) is 18.2 Å². The van der Waals surface area contributed by atoms with E-state index >= 15 is 0 Å². The number of rotatable bonds is 5. The SMILES string of the molecule is Cc1cccc(-n2cc(C(=O)NC(C)(CN)C3CC3)nn2)c1.Cl. The molecule has 1 amide bonds. The second kappa shape index (κ2) is 6.68. The van der Waals surface area contributed by atoms with Crippen molar-refractivity contribution in [2.24, 2.45) is 11.7 Å². The van der Waals surface area contributed by atoms with Crippen molar-refractivity contribution in [2.75, 3.05) is 6.54 Å². The van der Waals surface area contributed by atoms with Crippen LogP contribution in [0.4, 0.5) is 0 Å². The zero-order chi connectivity index (χ0) is 15.7. The van der Waals surface area contributed by atoms with Crippen LogP contribution in [0.2, 0.25) is 0 Å². The molecule has 1 atom stereocenters. The van der Waals surface area contributed by atoms with Crippen LogP contribution in [-0.2, 0) is 0 Å². The summed E-state index contributed by atoms with van der Waals surface area (Å²) < 4.78 is 1.61. The molecule has 0 spiro atoms. The number of aromatic nitrogens is 3. The molecular formula is C16H22ClN5O. The lowest BCUT2D eigenvalue weighted by molar-refractivity contribution is 0.0892. The maximum atomic E-state index is 12.4. The third kappa shape index (κ3) is 3.71. The van der Waals surface area contributed by atoms with Gasteiger partial charge in [-0.1, -0.05) is 17.3 Å². The first-order valence-electron chi connectivity index (χ1n) is 7.54. The van der Waals surface area contributed by atoms with Crippen molar-refractivity contribution in [3.8, 4) is 5.69 Å². The van der Waals surface area contributed by atoms with Crippen molar-refractivity contribution < 1.29 is 4.79 Å². The molecule has 7 heteroatoms. The van der Waals surface area contributed by atoms with E-state index in [-0.39, 0.29) is 23.9 Å². The van der Waals surface area contributed by atoms with Gasteiger partial charge in [0.15, 0.2) is 5.69 Å². The highest BCUT2D eigenvalue weighted by Gasteiger charge is 2.41. The molecule has 1 aliphatic carbocycles. The second-order valence-corrected chi connectivity index (χ2v) is 6.24. The van der Waals surface area contributed by atoms with Gasteiger partial charge in [0.2, 0.25) is 0 Å². The normalized spacial score (nSPS) is 16.3. The molecule has 124 valence electrons. The third-order valence-corrected chi connectivity index (χ3v) is 4.29. The topological polar surface area (TPSA) is 85.8 Å². The average Bonchev–Trinajstić information content (AvgIpc) is 3.25. The summed E-state index contributed by atoms with van der Waals surface area (Å²) in [4.78, 5) is 12.4. The van der Waals surface area contributed by atoms with E-state index in [9.17, 15) is 4.79 Å². The Labute approximate surface area is 141 Å². The number of amides is 1. The summed E-state index contributed by atoms with van der Waals surface area (Å²) in [5.74, 6) is 0.243. The highest BCUT2D eigenvalue weighted by Crippen LogP contribution is 2.39. The molecule has 0 bridgehead atoms. The molecule has 2 aromatic rings. The van der Waals surface area contributed by atoms with Gasteiger partial charge in [0.1, 0.15) is 0 Å². The number of aryl methyl sites for hydroxylation is 1. The van der Waals surface area contributed by atoms with Crippen molar-refractivity contribution in [1.82, 2.24) is 20.3 Å². The van der Waals surface area contributed by atoms with Gasteiger partial charge >= 0.3 is 0 Å². The van der Waals surface area contributed by atoms with Crippen molar-refractivity contribution in [3.05, 3.63) is 41.7 Å². The predicted molar refractivity (Wildman–Crippen MR) is 91.0 cm³/mol. The van der Waals surface area contributed by atoms with Crippen molar-refractivity contribution >= 4 is 18.3 Å². The number of benzene rings is 1. The Bertz CT molecular complexity index is 697. The molecule has 1 saturated carbocycles. The quantitative estimate of drug-likeness (QED) is 0.873. The Morgan fingerprint density at radius 2 is 2.22 bits per heavy atom. The van der Waals surface area contributed by atoms with Gasteiger partial charge in [0, 0.05) is 6.54 Å². The van der Waals surface area contributed by atoms with E-state index in [1.165, 1.54) is 0 Å². The van der Waals surface area contributed by atoms with Gasteiger partial charge < -0.3 is 11.1 Å². The molecule has 0 radical (unpaired) electrons. The minimum atomic E-state index is -0.357. The van der Waals surface area contributed by atoms with Gasteiger partial charge in [-0.05, 0) is 50.3 Å². The number of nitrogens with two attached hydrogens (primary N) is 1. The number of nitrogens with one attached hydrogen (secondary N) is 1. The van der Waals surface area contributed by atoms with Crippen LogP contribution in [0.15, 0.2) is 30.5 Å². The number of hydrogen-bond donors (Lipinski definition) is 2. The highest BCUT2D eigenvalue weighted by molar-refractivity contribution is 5.92. The van der Waals surface area contributed by atoms with Gasteiger partial charge in [0.05, 0.1) is 17.4 Å².